The lowest BCUT2D eigenvalue weighted by atomic mass is 10.2. The number of rotatable bonds is 7. The average molecular weight is 421 g/mol. The Morgan fingerprint density at radius 1 is 0.688 bits per heavy atom. The van der Waals surface area contributed by atoms with Gasteiger partial charge in [-0.05, 0) is 66.2 Å². The Hall–Kier alpha value is -4.45. The summed E-state index contributed by atoms with van der Waals surface area (Å²) in [6, 6.07) is 28.8. The van der Waals surface area contributed by atoms with Gasteiger partial charge in [-0.1, -0.05) is 35.5 Å². The lowest BCUT2D eigenvalue weighted by molar-refractivity contribution is 0.306. The van der Waals surface area contributed by atoms with Crippen LogP contribution in [-0.2, 0) is 6.61 Å². The molecule has 0 unspecified atom stereocenters. The Labute approximate surface area is 185 Å². The summed E-state index contributed by atoms with van der Waals surface area (Å²) >= 11 is 0. The first-order valence-electron chi connectivity index (χ1n) is 10.1. The van der Waals surface area contributed by atoms with Crippen LogP contribution in [-0.4, -0.2) is 15.1 Å². The monoisotopic (exact) mass is 421 g/mol. The lowest BCUT2D eigenvalue weighted by Gasteiger charge is -2.06. The Morgan fingerprint density at radius 3 is 2.19 bits per heavy atom. The smallest absolute Gasteiger partial charge is 0.258 e. The van der Waals surface area contributed by atoms with E-state index in [4.69, 9.17) is 14.0 Å². The molecule has 2 heterocycles. The van der Waals surface area contributed by atoms with Crippen molar-refractivity contribution in [3.63, 3.8) is 0 Å². The van der Waals surface area contributed by atoms with E-state index >= 15 is 0 Å². The van der Waals surface area contributed by atoms with E-state index in [0.717, 1.165) is 22.4 Å². The zero-order valence-corrected chi connectivity index (χ0v) is 17.1. The van der Waals surface area contributed by atoms with Gasteiger partial charge in [0.1, 0.15) is 23.9 Å². The van der Waals surface area contributed by atoms with Gasteiger partial charge in [0, 0.05) is 17.3 Å². The Morgan fingerprint density at radius 2 is 1.44 bits per heavy atom. The topological polar surface area (TPSA) is 70.3 Å². The molecule has 0 aliphatic heterocycles. The molecule has 0 spiro atoms. The molecule has 5 aromatic rings. The summed E-state index contributed by atoms with van der Waals surface area (Å²) in [5, 5.41) is 4.11. The largest absolute Gasteiger partial charge is 0.489 e. The van der Waals surface area contributed by atoms with Crippen LogP contribution in [0.4, 0.5) is 0 Å². The SMILES string of the molecule is c1ccc(COc2ccc(-c3nc(-c4ccc(Oc5cccnc5)cc4)no3)cc2)cc1. The van der Waals surface area contributed by atoms with Crippen LogP contribution in [0.1, 0.15) is 5.56 Å². The third-order valence-corrected chi connectivity index (χ3v) is 4.76. The summed E-state index contributed by atoms with van der Waals surface area (Å²) in [7, 11) is 0. The molecule has 0 saturated carbocycles. The van der Waals surface area contributed by atoms with E-state index in [9.17, 15) is 0 Å². The van der Waals surface area contributed by atoms with Gasteiger partial charge < -0.3 is 14.0 Å². The van der Waals surface area contributed by atoms with Gasteiger partial charge in [-0.25, -0.2) is 0 Å². The number of aromatic nitrogens is 3. The van der Waals surface area contributed by atoms with Crippen molar-refractivity contribution in [2.24, 2.45) is 0 Å². The molecule has 0 fully saturated rings. The molecule has 0 bridgehead atoms. The van der Waals surface area contributed by atoms with Crippen molar-refractivity contribution >= 4 is 0 Å². The molecule has 32 heavy (non-hydrogen) atoms. The summed E-state index contributed by atoms with van der Waals surface area (Å²) in [6.45, 7) is 0.519. The molecule has 0 aliphatic carbocycles. The molecule has 0 aliphatic rings. The number of hydrogen-bond acceptors (Lipinski definition) is 6. The average Bonchev–Trinajstić information content (AvgIpc) is 3.35. The number of nitrogens with zero attached hydrogens (tertiary/aromatic N) is 3. The second-order valence-electron chi connectivity index (χ2n) is 7.04. The second kappa shape index (κ2) is 9.14. The van der Waals surface area contributed by atoms with Crippen LogP contribution in [0, 0.1) is 0 Å². The molecular weight excluding hydrogens is 402 g/mol. The van der Waals surface area contributed by atoms with Gasteiger partial charge in [0.2, 0.25) is 5.82 Å². The minimum atomic E-state index is 0.449. The Balaban J connectivity index is 1.24. The number of benzene rings is 3. The van der Waals surface area contributed by atoms with Crippen molar-refractivity contribution in [1.82, 2.24) is 15.1 Å². The van der Waals surface area contributed by atoms with Crippen LogP contribution in [0.25, 0.3) is 22.8 Å². The van der Waals surface area contributed by atoms with E-state index in [0.29, 0.717) is 29.8 Å². The second-order valence-corrected chi connectivity index (χ2v) is 7.04. The first-order chi connectivity index (χ1) is 15.8. The zero-order chi connectivity index (χ0) is 21.6. The van der Waals surface area contributed by atoms with E-state index in [2.05, 4.69) is 15.1 Å². The van der Waals surface area contributed by atoms with Gasteiger partial charge in [0.15, 0.2) is 0 Å². The fourth-order valence-electron chi connectivity index (χ4n) is 3.11. The number of hydrogen-bond donors (Lipinski definition) is 0. The summed E-state index contributed by atoms with van der Waals surface area (Å²) in [5.74, 6) is 3.12. The standard InChI is InChI=1S/C26H19N3O3/c1-2-5-19(6-3-1)18-30-22-12-10-21(11-13-22)26-28-25(29-32-26)20-8-14-23(15-9-20)31-24-7-4-16-27-17-24/h1-17H,18H2. The van der Waals surface area contributed by atoms with Crippen LogP contribution in [0.3, 0.4) is 0 Å². The molecule has 3 aromatic carbocycles. The first kappa shape index (κ1) is 19.5. The fraction of sp³-hybridized carbons (Fsp3) is 0.0385. The van der Waals surface area contributed by atoms with Gasteiger partial charge in [0.05, 0.1) is 6.20 Å². The van der Waals surface area contributed by atoms with Crippen molar-refractivity contribution in [2.45, 2.75) is 6.61 Å². The van der Waals surface area contributed by atoms with Crippen molar-refractivity contribution in [2.75, 3.05) is 0 Å². The third-order valence-electron chi connectivity index (χ3n) is 4.76. The first-order valence-corrected chi connectivity index (χ1v) is 10.1. The molecule has 156 valence electrons. The third kappa shape index (κ3) is 4.65. The minimum absolute atomic E-state index is 0.449. The maximum absolute atomic E-state index is 5.83. The molecule has 0 atom stereocenters. The normalized spacial score (nSPS) is 10.6. The summed E-state index contributed by atoms with van der Waals surface area (Å²) < 4.78 is 17.1. The zero-order valence-electron chi connectivity index (χ0n) is 17.1. The maximum Gasteiger partial charge on any atom is 0.258 e. The summed E-state index contributed by atoms with van der Waals surface area (Å²) in [6.07, 6.45) is 3.37. The molecule has 0 N–H and O–H groups in total. The minimum Gasteiger partial charge on any atom is -0.489 e. The summed E-state index contributed by atoms with van der Waals surface area (Å²) in [5.41, 5.74) is 2.78. The van der Waals surface area contributed by atoms with Crippen LogP contribution >= 0.6 is 0 Å². The van der Waals surface area contributed by atoms with Crippen molar-refractivity contribution < 1.29 is 14.0 Å². The highest BCUT2D eigenvalue weighted by Crippen LogP contribution is 2.27. The lowest BCUT2D eigenvalue weighted by Crippen LogP contribution is -1.94. The Kier molecular flexibility index (Phi) is 5.57. The van der Waals surface area contributed by atoms with Gasteiger partial charge in [0.25, 0.3) is 5.89 Å². The van der Waals surface area contributed by atoms with Crippen LogP contribution in [0.5, 0.6) is 17.2 Å². The van der Waals surface area contributed by atoms with Gasteiger partial charge >= 0.3 is 0 Å². The number of pyridine rings is 1. The predicted octanol–water partition coefficient (Wildman–Crippen LogP) is 6.17. The highest BCUT2D eigenvalue weighted by molar-refractivity contribution is 5.61. The van der Waals surface area contributed by atoms with Crippen molar-refractivity contribution in [3.05, 3.63) is 109 Å². The molecule has 0 saturated heterocycles. The molecule has 5 rings (SSSR count). The highest BCUT2D eigenvalue weighted by Gasteiger charge is 2.11. The van der Waals surface area contributed by atoms with E-state index < -0.39 is 0 Å². The molecule has 2 aromatic heterocycles. The molecule has 6 heteroatoms. The number of ether oxygens (including phenoxy) is 2. The van der Waals surface area contributed by atoms with Crippen LogP contribution in [0.2, 0.25) is 0 Å². The van der Waals surface area contributed by atoms with E-state index in [1.807, 2.05) is 91.0 Å². The van der Waals surface area contributed by atoms with Crippen LogP contribution < -0.4 is 9.47 Å². The van der Waals surface area contributed by atoms with Gasteiger partial charge in [-0.3, -0.25) is 4.98 Å². The molecule has 0 radical (unpaired) electrons. The predicted molar refractivity (Wildman–Crippen MR) is 120 cm³/mol. The summed E-state index contributed by atoms with van der Waals surface area (Å²) in [4.78, 5) is 8.56. The molecule has 6 nitrogen and oxygen atoms in total. The quantitative estimate of drug-likeness (QED) is 0.313. The van der Waals surface area contributed by atoms with E-state index in [1.54, 1.807) is 12.4 Å². The van der Waals surface area contributed by atoms with Crippen LogP contribution in [0.15, 0.2) is 108 Å². The fourth-order valence-corrected chi connectivity index (χ4v) is 3.11. The maximum atomic E-state index is 5.83. The molecule has 0 amide bonds. The highest BCUT2D eigenvalue weighted by atomic mass is 16.5. The Bertz CT molecular complexity index is 1270. The van der Waals surface area contributed by atoms with Gasteiger partial charge in [-0.15, -0.1) is 0 Å². The van der Waals surface area contributed by atoms with Gasteiger partial charge in [-0.2, -0.15) is 4.98 Å². The van der Waals surface area contributed by atoms with Crippen molar-refractivity contribution in [1.29, 1.82) is 0 Å². The molecular formula is C26H19N3O3. The van der Waals surface area contributed by atoms with Crippen molar-refractivity contribution in [3.8, 4) is 40.1 Å². The van der Waals surface area contributed by atoms with E-state index in [-0.39, 0.29) is 0 Å². The van der Waals surface area contributed by atoms with E-state index in [1.165, 1.54) is 0 Å².